The van der Waals surface area contributed by atoms with Crippen LogP contribution in [-0.4, -0.2) is 54.7 Å². The van der Waals surface area contributed by atoms with Crippen molar-refractivity contribution in [2.24, 2.45) is 0 Å². The van der Waals surface area contributed by atoms with Crippen LogP contribution < -0.4 is 5.32 Å². The van der Waals surface area contributed by atoms with Gasteiger partial charge in [0, 0.05) is 17.3 Å². The number of halogens is 3. The first kappa shape index (κ1) is 24.5. The van der Waals surface area contributed by atoms with Crippen molar-refractivity contribution in [3.8, 4) is 0 Å². The van der Waals surface area contributed by atoms with Crippen LogP contribution in [0.4, 0.5) is 14.5 Å². The van der Waals surface area contributed by atoms with Gasteiger partial charge in [-0.2, -0.15) is 0 Å². The minimum atomic E-state index is -3.97. The Morgan fingerprint density at radius 3 is 2.56 bits per heavy atom. The number of aliphatic hydroxyl groups is 2. The number of aliphatic hydroxyl groups excluding tert-OH is 1. The van der Waals surface area contributed by atoms with Crippen molar-refractivity contribution in [2.45, 2.75) is 41.6 Å². The second-order valence-electron chi connectivity index (χ2n) is 7.89. The largest absolute Gasteiger partial charge is 0.391 e. The van der Waals surface area contributed by atoms with E-state index >= 15 is 0 Å². The lowest BCUT2D eigenvalue weighted by Gasteiger charge is -2.42. The van der Waals surface area contributed by atoms with Crippen molar-refractivity contribution in [2.75, 3.05) is 18.5 Å². The Kier molecular flexibility index (Phi) is 7.21. The van der Waals surface area contributed by atoms with Crippen molar-refractivity contribution < 1.29 is 36.9 Å². The number of nitrogens with one attached hydrogen (secondary N) is 1. The average Bonchev–Trinajstić information content (AvgIpc) is 2.68. The standard InChI is InChI=1S/C21H22ClF2NO6S/c1-12(26)10-31-11-21(28)8-15(9-21)32(29,30)19-6-13(2-4-16(19)22)20(27)25-14-3-5-17(23)18(24)7-14/h2-7,12,15,26,28H,8-11H2,1H3,(H,25,27)/t12-,15?,21?/m0/s1. The molecule has 0 saturated heterocycles. The molecule has 0 radical (unpaired) electrons. The number of amides is 1. The van der Waals surface area contributed by atoms with Crippen LogP contribution >= 0.6 is 11.6 Å². The number of benzene rings is 2. The van der Waals surface area contributed by atoms with E-state index < -0.39 is 44.3 Å². The lowest BCUT2D eigenvalue weighted by Crippen LogP contribution is -2.53. The van der Waals surface area contributed by atoms with Gasteiger partial charge in [0.15, 0.2) is 21.5 Å². The highest BCUT2D eigenvalue weighted by Crippen LogP contribution is 2.41. The molecule has 2 aromatic rings. The molecule has 0 bridgehead atoms. The maximum atomic E-state index is 13.4. The number of rotatable bonds is 8. The summed E-state index contributed by atoms with van der Waals surface area (Å²) in [5.74, 6) is -2.95. The van der Waals surface area contributed by atoms with Crippen LogP contribution in [0.2, 0.25) is 5.02 Å². The summed E-state index contributed by atoms with van der Waals surface area (Å²) in [6.07, 6.45) is -0.884. The molecular formula is C21H22ClF2NO6S. The number of hydrogen-bond acceptors (Lipinski definition) is 6. The topological polar surface area (TPSA) is 113 Å². The molecule has 11 heteroatoms. The van der Waals surface area contributed by atoms with Crippen molar-refractivity contribution in [3.05, 3.63) is 58.6 Å². The summed E-state index contributed by atoms with van der Waals surface area (Å²) in [5.41, 5.74) is -1.39. The third-order valence-electron chi connectivity index (χ3n) is 5.06. The van der Waals surface area contributed by atoms with E-state index in [0.717, 1.165) is 18.2 Å². The van der Waals surface area contributed by atoms with Gasteiger partial charge in [0.2, 0.25) is 0 Å². The zero-order chi connectivity index (χ0) is 23.7. The van der Waals surface area contributed by atoms with E-state index in [1.165, 1.54) is 25.1 Å². The summed E-state index contributed by atoms with van der Waals surface area (Å²) in [7, 11) is -3.97. The molecule has 2 aromatic carbocycles. The molecule has 0 spiro atoms. The Labute approximate surface area is 188 Å². The highest BCUT2D eigenvalue weighted by molar-refractivity contribution is 7.92. The van der Waals surface area contributed by atoms with Gasteiger partial charge in [0.25, 0.3) is 5.91 Å². The third-order valence-corrected chi connectivity index (χ3v) is 7.66. The highest BCUT2D eigenvalue weighted by Gasteiger charge is 2.50. The van der Waals surface area contributed by atoms with Gasteiger partial charge in [0.1, 0.15) is 0 Å². The van der Waals surface area contributed by atoms with Gasteiger partial charge >= 0.3 is 0 Å². The van der Waals surface area contributed by atoms with Crippen molar-refractivity contribution in [1.82, 2.24) is 0 Å². The number of sulfone groups is 1. The Balaban J connectivity index is 1.73. The molecule has 1 atom stereocenters. The van der Waals surface area contributed by atoms with Crippen molar-refractivity contribution in [1.29, 1.82) is 0 Å². The first-order valence-electron chi connectivity index (χ1n) is 9.69. The number of ether oxygens (including phenoxy) is 1. The molecule has 1 amide bonds. The van der Waals surface area contributed by atoms with Crippen LogP contribution in [0.15, 0.2) is 41.3 Å². The SMILES string of the molecule is C[C@H](O)COCC1(O)CC(S(=O)(=O)c2cc(C(=O)Nc3ccc(F)c(F)c3)ccc2Cl)C1. The van der Waals surface area contributed by atoms with E-state index in [1.54, 1.807) is 0 Å². The summed E-state index contributed by atoms with van der Waals surface area (Å²) in [6, 6.07) is 6.48. The molecule has 1 saturated carbocycles. The van der Waals surface area contributed by atoms with E-state index in [2.05, 4.69) is 5.32 Å². The normalized spacial score (nSPS) is 21.6. The first-order chi connectivity index (χ1) is 14.9. The quantitative estimate of drug-likeness (QED) is 0.525. The zero-order valence-electron chi connectivity index (χ0n) is 17.0. The predicted octanol–water partition coefficient (Wildman–Crippen LogP) is 2.94. The summed E-state index contributed by atoms with van der Waals surface area (Å²) >= 11 is 6.08. The maximum Gasteiger partial charge on any atom is 0.255 e. The van der Waals surface area contributed by atoms with Crippen LogP contribution in [0.5, 0.6) is 0 Å². The van der Waals surface area contributed by atoms with E-state index in [1.807, 2.05) is 0 Å². The zero-order valence-corrected chi connectivity index (χ0v) is 18.6. The Bertz CT molecular complexity index is 1120. The molecule has 0 aliphatic heterocycles. The molecule has 32 heavy (non-hydrogen) atoms. The van der Waals surface area contributed by atoms with Crippen molar-refractivity contribution >= 4 is 33.0 Å². The smallest absolute Gasteiger partial charge is 0.255 e. The van der Waals surface area contributed by atoms with E-state index in [-0.39, 0.29) is 47.2 Å². The Morgan fingerprint density at radius 2 is 1.94 bits per heavy atom. The molecule has 3 rings (SSSR count). The fraction of sp³-hybridized carbons (Fsp3) is 0.381. The average molecular weight is 490 g/mol. The van der Waals surface area contributed by atoms with Crippen LogP contribution in [0, 0.1) is 11.6 Å². The van der Waals surface area contributed by atoms with Crippen LogP contribution in [0.3, 0.4) is 0 Å². The Hall–Kier alpha value is -2.11. The fourth-order valence-electron chi connectivity index (χ4n) is 3.36. The van der Waals surface area contributed by atoms with Gasteiger partial charge in [-0.05, 0) is 50.1 Å². The molecule has 0 unspecified atom stereocenters. The van der Waals surface area contributed by atoms with E-state index in [0.29, 0.717) is 0 Å². The maximum absolute atomic E-state index is 13.4. The monoisotopic (exact) mass is 489 g/mol. The van der Waals surface area contributed by atoms with Gasteiger partial charge in [0.05, 0.1) is 40.1 Å². The van der Waals surface area contributed by atoms with Gasteiger partial charge in [-0.25, -0.2) is 17.2 Å². The molecule has 3 N–H and O–H groups in total. The molecule has 7 nitrogen and oxygen atoms in total. The summed E-state index contributed by atoms with van der Waals surface area (Å²) < 4.78 is 57.6. The van der Waals surface area contributed by atoms with E-state index in [9.17, 15) is 32.2 Å². The number of carbonyl (C=O) groups is 1. The Morgan fingerprint density at radius 1 is 1.25 bits per heavy atom. The molecule has 1 aliphatic carbocycles. The van der Waals surface area contributed by atoms with Crippen molar-refractivity contribution in [3.63, 3.8) is 0 Å². The third kappa shape index (κ3) is 5.44. The molecule has 1 fully saturated rings. The number of anilines is 1. The first-order valence-corrected chi connectivity index (χ1v) is 11.6. The minimum Gasteiger partial charge on any atom is -0.391 e. The number of carbonyl (C=O) groups excluding carboxylic acids is 1. The van der Waals surface area contributed by atoms with Crippen LogP contribution in [-0.2, 0) is 14.6 Å². The van der Waals surface area contributed by atoms with E-state index in [4.69, 9.17) is 16.3 Å². The van der Waals surface area contributed by atoms with Gasteiger partial charge in [-0.15, -0.1) is 0 Å². The summed E-state index contributed by atoms with van der Waals surface area (Å²) in [6.45, 7) is 1.42. The lowest BCUT2D eigenvalue weighted by molar-refractivity contribution is -0.103. The molecule has 174 valence electrons. The van der Waals surface area contributed by atoms with Crippen LogP contribution in [0.25, 0.3) is 0 Å². The minimum absolute atomic E-state index is 0.00508. The molecule has 0 aromatic heterocycles. The van der Waals surface area contributed by atoms with Gasteiger partial charge < -0.3 is 20.3 Å². The second kappa shape index (κ2) is 9.40. The molecule has 1 aliphatic rings. The van der Waals surface area contributed by atoms with Crippen LogP contribution in [0.1, 0.15) is 30.1 Å². The number of hydrogen-bond donors (Lipinski definition) is 3. The summed E-state index contributed by atoms with van der Waals surface area (Å²) in [5, 5.41) is 21.0. The fourth-order valence-corrected chi connectivity index (χ4v) is 5.85. The lowest BCUT2D eigenvalue weighted by atomic mass is 9.80. The molecule has 0 heterocycles. The molecular weight excluding hydrogens is 468 g/mol. The highest BCUT2D eigenvalue weighted by atomic mass is 35.5. The predicted molar refractivity (Wildman–Crippen MR) is 113 cm³/mol. The van der Waals surface area contributed by atoms with Gasteiger partial charge in [-0.3, -0.25) is 4.79 Å². The second-order valence-corrected chi connectivity index (χ2v) is 10.5. The summed E-state index contributed by atoms with van der Waals surface area (Å²) in [4.78, 5) is 12.2. The van der Waals surface area contributed by atoms with Gasteiger partial charge in [-0.1, -0.05) is 11.6 Å².